The third-order valence-electron chi connectivity index (χ3n) is 4.75. The maximum atomic E-state index is 13.0. The van der Waals surface area contributed by atoms with E-state index >= 15 is 0 Å². The number of benzene rings is 1. The number of rotatable bonds is 9. The molecule has 32 heavy (non-hydrogen) atoms. The van der Waals surface area contributed by atoms with Gasteiger partial charge in [-0.1, -0.05) is 43.6 Å². The lowest BCUT2D eigenvalue weighted by molar-refractivity contribution is -0.122. The van der Waals surface area contributed by atoms with E-state index in [0.717, 1.165) is 5.56 Å². The molecule has 0 saturated heterocycles. The largest absolute Gasteiger partial charge is 0.357 e. The van der Waals surface area contributed by atoms with Crippen molar-refractivity contribution < 1.29 is 4.79 Å². The Labute approximate surface area is 191 Å². The van der Waals surface area contributed by atoms with Crippen LogP contribution in [0.15, 0.2) is 53.8 Å². The van der Waals surface area contributed by atoms with Gasteiger partial charge in [0.2, 0.25) is 5.91 Å². The average Bonchev–Trinajstić information content (AvgIpc) is 2.80. The summed E-state index contributed by atoms with van der Waals surface area (Å²) in [5, 5.41) is 9.38. The number of hydrogen-bond acceptors (Lipinski definition) is 7. The van der Waals surface area contributed by atoms with Crippen molar-refractivity contribution in [2.45, 2.75) is 39.8 Å². The monoisotopic (exact) mass is 452 g/mol. The van der Waals surface area contributed by atoms with E-state index < -0.39 is 6.04 Å². The fourth-order valence-corrected chi connectivity index (χ4v) is 3.26. The summed E-state index contributed by atoms with van der Waals surface area (Å²) in [6, 6.07) is 11.7. The second kappa shape index (κ2) is 10.8. The second-order valence-electron chi connectivity index (χ2n) is 7.81. The Kier molecular flexibility index (Phi) is 7.83. The topological polar surface area (TPSA) is 109 Å². The van der Waals surface area contributed by atoms with E-state index in [1.165, 1.54) is 0 Å². The van der Waals surface area contributed by atoms with E-state index in [0.29, 0.717) is 46.7 Å². The SMILES string of the molecule is Cc1nc(-c2ccccn2)nc(NC(CC(C)C)C(=O)NCc2ccc(N=O)cc2)c1Cl. The summed E-state index contributed by atoms with van der Waals surface area (Å²) in [6.07, 6.45) is 2.25. The van der Waals surface area contributed by atoms with Gasteiger partial charge in [-0.15, -0.1) is 4.91 Å². The number of hydrogen-bond donors (Lipinski definition) is 2. The molecule has 0 radical (unpaired) electrons. The van der Waals surface area contributed by atoms with Crippen LogP contribution < -0.4 is 10.6 Å². The average molecular weight is 453 g/mol. The molecule has 0 aliphatic carbocycles. The number of anilines is 1. The van der Waals surface area contributed by atoms with Gasteiger partial charge < -0.3 is 10.6 Å². The highest BCUT2D eigenvalue weighted by Gasteiger charge is 2.22. The molecule has 2 aromatic heterocycles. The summed E-state index contributed by atoms with van der Waals surface area (Å²) in [4.78, 5) is 36.8. The van der Waals surface area contributed by atoms with Crippen LogP contribution in [0.25, 0.3) is 11.5 Å². The molecular weight excluding hydrogens is 428 g/mol. The van der Waals surface area contributed by atoms with Crippen molar-refractivity contribution in [3.05, 3.63) is 69.8 Å². The lowest BCUT2D eigenvalue weighted by atomic mass is 10.0. The zero-order valence-corrected chi connectivity index (χ0v) is 18.9. The third-order valence-corrected chi connectivity index (χ3v) is 5.21. The summed E-state index contributed by atoms with van der Waals surface area (Å²) < 4.78 is 0. The fraction of sp³-hybridized carbons (Fsp3) is 0.304. The number of aryl methyl sites for hydroxylation is 1. The van der Waals surface area contributed by atoms with E-state index in [4.69, 9.17) is 11.6 Å². The quantitative estimate of drug-likeness (QED) is 0.440. The molecule has 0 aliphatic rings. The van der Waals surface area contributed by atoms with Gasteiger partial charge in [0.15, 0.2) is 5.82 Å². The Balaban J connectivity index is 1.79. The van der Waals surface area contributed by atoms with Gasteiger partial charge >= 0.3 is 0 Å². The molecular formula is C23H25ClN6O2. The van der Waals surface area contributed by atoms with Crippen LogP contribution in [0.2, 0.25) is 5.02 Å². The molecule has 0 spiro atoms. The molecule has 3 rings (SSSR count). The number of aromatic nitrogens is 3. The number of carbonyl (C=O) groups is 1. The normalized spacial score (nSPS) is 11.8. The van der Waals surface area contributed by atoms with Crippen LogP contribution in [0.3, 0.4) is 0 Å². The highest BCUT2D eigenvalue weighted by atomic mass is 35.5. The van der Waals surface area contributed by atoms with Gasteiger partial charge in [0.1, 0.15) is 28.3 Å². The van der Waals surface area contributed by atoms with Gasteiger partial charge in [0.05, 0.1) is 5.69 Å². The van der Waals surface area contributed by atoms with E-state index in [-0.39, 0.29) is 11.8 Å². The first-order chi connectivity index (χ1) is 15.4. The van der Waals surface area contributed by atoms with Gasteiger partial charge in [0.25, 0.3) is 0 Å². The van der Waals surface area contributed by atoms with E-state index in [2.05, 4.69) is 30.8 Å². The predicted octanol–water partition coefficient (Wildman–Crippen LogP) is 5.04. The molecule has 8 nitrogen and oxygen atoms in total. The van der Waals surface area contributed by atoms with Crippen molar-refractivity contribution in [1.82, 2.24) is 20.3 Å². The van der Waals surface area contributed by atoms with Crippen molar-refractivity contribution in [3.8, 4) is 11.5 Å². The minimum absolute atomic E-state index is 0.178. The first kappa shape index (κ1) is 23.3. The minimum Gasteiger partial charge on any atom is -0.357 e. The van der Waals surface area contributed by atoms with Crippen LogP contribution in [0.5, 0.6) is 0 Å². The van der Waals surface area contributed by atoms with E-state index in [1.807, 2.05) is 32.0 Å². The Morgan fingerprint density at radius 3 is 2.50 bits per heavy atom. The molecule has 0 bridgehead atoms. The van der Waals surface area contributed by atoms with Gasteiger partial charge in [-0.25, -0.2) is 9.97 Å². The Bertz CT molecular complexity index is 1070. The number of halogens is 1. The maximum Gasteiger partial charge on any atom is 0.242 e. The molecule has 1 unspecified atom stereocenters. The number of nitrogens with zero attached hydrogens (tertiary/aromatic N) is 4. The van der Waals surface area contributed by atoms with Crippen LogP contribution in [0, 0.1) is 17.7 Å². The summed E-state index contributed by atoms with van der Waals surface area (Å²) in [5.74, 6) is 0.904. The zero-order valence-electron chi connectivity index (χ0n) is 18.2. The number of nitroso groups, excluding NO2 is 1. The van der Waals surface area contributed by atoms with Gasteiger partial charge in [-0.2, -0.15) is 0 Å². The van der Waals surface area contributed by atoms with E-state index in [9.17, 15) is 9.70 Å². The van der Waals surface area contributed by atoms with Crippen molar-refractivity contribution in [2.24, 2.45) is 11.1 Å². The molecule has 2 N–H and O–H groups in total. The minimum atomic E-state index is -0.547. The number of carbonyl (C=O) groups excluding carboxylic acids is 1. The molecule has 9 heteroatoms. The molecule has 166 valence electrons. The second-order valence-corrected chi connectivity index (χ2v) is 8.19. The third kappa shape index (κ3) is 6.07. The van der Waals surface area contributed by atoms with Crippen molar-refractivity contribution in [3.63, 3.8) is 0 Å². The van der Waals surface area contributed by atoms with Gasteiger partial charge in [0, 0.05) is 12.7 Å². The Morgan fingerprint density at radius 2 is 1.88 bits per heavy atom. The predicted molar refractivity (Wildman–Crippen MR) is 126 cm³/mol. The zero-order chi connectivity index (χ0) is 23.1. The number of amides is 1. The van der Waals surface area contributed by atoms with Gasteiger partial charge in [-0.3, -0.25) is 9.78 Å². The van der Waals surface area contributed by atoms with E-state index in [1.54, 1.807) is 37.4 Å². The molecule has 3 aromatic rings. The van der Waals surface area contributed by atoms with Gasteiger partial charge in [-0.05, 0) is 54.3 Å². The lowest BCUT2D eigenvalue weighted by Gasteiger charge is -2.22. The van der Waals surface area contributed by atoms with Crippen LogP contribution in [-0.4, -0.2) is 26.9 Å². The standard InChI is InChI=1S/C23H25ClN6O2/c1-14(2)12-19(23(31)26-13-16-7-9-17(30-32)10-8-16)28-22-20(24)15(3)27-21(29-22)18-6-4-5-11-25-18/h4-11,14,19H,12-13H2,1-3H3,(H,26,31)(H,27,28,29). The molecule has 1 amide bonds. The van der Waals surface area contributed by atoms with Crippen LogP contribution >= 0.6 is 11.6 Å². The maximum absolute atomic E-state index is 13.0. The van der Waals surface area contributed by atoms with Crippen molar-refractivity contribution >= 4 is 29.0 Å². The molecule has 0 fully saturated rings. The number of pyridine rings is 1. The molecule has 1 aromatic carbocycles. The highest BCUT2D eigenvalue weighted by molar-refractivity contribution is 6.33. The lowest BCUT2D eigenvalue weighted by Crippen LogP contribution is -2.40. The highest BCUT2D eigenvalue weighted by Crippen LogP contribution is 2.27. The molecule has 0 saturated carbocycles. The molecule has 2 heterocycles. The smallest absolute Gasteiger partial charge is 0.242 e. The summed E-state index contributed by atoms with van der Waals surface area (Å²) in [7, 11) is 0. The van der Waals surface area contributed by atoms with Crippen molar-refractivity contribution in [1.29, 1.82) is 0 Å². The first-order valence-corrected chi connectivity index (χ1v) is 10.7. The fourth-order valence-electron chi connectivity index (χ4n) is 3.12. The number of nitrogens with one attached hydrogen (secondary N) is 2. The first-order valence-electron chi connectivity index (χ1n) is 10.3. The van der Waals surface area contributed by atoms with Crippen LogP contribution in [0.1, 0.15) is 31.5 Å². The summed E-state index contributed by atoms with van der Waals surface area (Å²) >= 11 is 6.47. The Hall–Kier alpha value is -3.39. The Morgan fingerprint density at radius 1 is 1.12 bits per heavy atom. The molecule has 0 aliphatic heterocycles. The summed E-state index contributed by atoms with van der Waals surface area (Å²) in [6.45, 7) is 6.19. The van der Waals surface area contributed by atoms with Crippen molar-refractivity contribution in [2.75, 3.05) is 5.32 Å². The van der Waals surface area contributed by atoms with Crippen LogP contribution in [0.4, 0.5) is 11.5 Å². The van der Waals surface area contributed by atoms with Crippen LogP contribution in [-0.2, 0) is 11.3 Å². The molecule has 1 atom stereocenters. The summed E-state index contributed by atoms with van der Waals surface area (Å²) in [5.41, 5.74) is 2.42.